The van der Waals surface area contributed by atoms with Gasteiger partial charge in [-0.2, -0.15) is 0 Å². The maximum atomic E-state index is 6.00. The molecule has 0 bridgehead atoms. The Bertz CT molecular complexity index is 405. The highest BCUT2D eigenvalue weighted by atomic mass is 35.5. The topological polar surface area (TPSA) is 30.7 Å². The number of rotatable bonds is 2. The van der Waals surface area contributed by atoms with E-state index in [2.05, 4.69) is 10.3 Å². The molecule has 3 nitrogen and oxygen atoms in total. The Labute approximate surface area is 91.3 Å². The molecule has 0 saturated carbocycles. The zero-order valence-corrected chi connectivity index (χ0v) is 8.70. The number of halogens is 2. The van der Waals surface area contributed by atoms with Crippen molar-refractivity contribution in [3.63, 3.8) is 0 Å². The van der Waals surface area contributed by atoms with E-state index in [-0.39, 0.29) is 0 Å². The zero-order chi connectivity index (χ0) is 9.97. The van der Waals surface area contributed by atoms with E-state index >= 15 is 0 Å². The van der Waals surface area contributed by atoms with Crippen LogP contribution in [0.5, 0.6) is 0 Å². The average Bonchev–Trinajstić information content (AvgIpc) is 2.64. The Morgan fingerprint density at radius 2 is 1.93 bits per heavy atom. The van der Waals surface area contributed by atoms with Crippen LogP contribution in [0.4, 0.5) is 0 Å². The fourth-order valence-electron chi connectivity index (χ4n) is 1.16. The maximum absolute atomic E-state index is 6.00. The summed E-state index contributed by atoms with van der Waals surface area (Å²) in [6, 6.07) is 5.43. The molecule has 0 saturated heterocycles. The van der Waals surface area contributed by atoms with Crippen molar-refractivity contribution in [3.05, 3.63) is 46.2 Å². The van der Waals surface area contributed by atoms with Gasteiger partial charge in [0, 0.05) is 21.8 Å². The molecule has 14 heavy (non-hydrogen) atoms. The van der Waals surface area contributed by atoms with E-state index < -0.39 is 0 Å². The Hall–Kier alpha value is -1.06. The largest absolute Gasteiger partial charge is 0.248 e. The molecule has 0 atom stereocenters. The number of nitrogens with zero attached hydrogens (tertiary/aromatic N) is 3. The van der Waals surface area contributed by atoms with E-state index in [1.807, 2.05) is 6.07 Å². The average molecular weight is 228 g/mol. The predicted octanol–water partition coefficient (Wildman–Crippen LogP) is 2.63. The third kappa shape index (κ3) is 1.89. The number of hydrogen-bond acceptors (Lipinski definition) is 2. The monoisotopic (exact) mass is 227 g/mol. The maximum Gasteiger partial charge on any atom is 0.0706 e. The molecule has 0 N–H and O–H groups in total. The van der Waals surface area contributed by atoms with Gasteiger partial charge in [0.05, 0.1) is 12.7 Å². The molecule has 5 heteroatoms. The predicted molar refractivity (Wildman–Crippen MR) is 55.6 cm³/mol. The molecular formula is C9H7Cl2N3. The lowest BCUT2D eigenvalue weighted by Gasteiger charge is -2.05. The van der Waals surface area contributed by atoms with Crippen LogP contribution in [0.2, 0.25) is 10.0 Å². The van der Waals surface area contributed by atoms with Crippen LogP contribution in [-0.2, 0) is 6.54 Å². The van der Waals surface area contributed by atoms with Crippen molar-refractivity contribution < 1.29 is 0 Å². The van der Waals surface area contributed by atoms with Gasteiger partial charge in [0.25, 0.3) is 0 Å². The van der Waals surface area contributed by atoms with Crippen molar-refractivity contribution in [2.24, 2.45) is 0 Å². The van der Waals surface area contributed by atoms with Gasteiger partial charge in [-0.1, -0.05) is 34.5 Å². The molecule has 2 aromatic rings. The highest BCUT2D eigenvalue weighted by Gasteiger charge is 2.05. The Morgan fingerprint density at radius 1 is 1.21 bits per heavy atom. The third-order valence-electron chi connectivity index (χ3n) is 1.85. The summed E-state index contributed by atoms with van der Waals surface area (Å²) in [4.78, 5) is 0. The van der Waals surface area contributed by atoms with E-state index in [0.29, 0.717) is 16.6 Å². The minimum Gasteiger partial charge on any atom is -0.248 e. The normalized spacial score (nSPS) is 10.4. The second-order valence-electron chi connectivity index (χ2n) is 2.80. The summed E-state index contributed by atoms with van der Waals surface area (Å²) >= 11 is 12.0. The van der Waals surface area contributed by atoms with Gasteiger partial charge in [0.1, 0.15) is 0 Å². The van der Waals surface area contributed by atoms with Crippen molar-refractivity contribution in [1.29, 1.82) is 0 Å². The minimum atomic E-state index is 0.540. The van der Waals surface area contributed by atoms with Gasteiger partial charge in [-0.05, 0) is 12.1 Å². The minimum absolute atomic E-state index is 0.540. The smallest absolute Gasteiger partial charge is 0.0706 e. The lowest BCUT2D eigenvalue weighted by Crippen LogP contribution is -2.01. The van der Waals surface area contributed by atoms with Crippen LogP contribution in [0.25, 0.3) is 0 Å². The molecule has 0 fully saturated rings. The van der Waals surface area contributed by atoms with E-state index in [1.165, 1.54) is 0 Å². The molecule has 1 aromatic heterocycles. The van der Waals surface area contributed by atoms with Gasteiger partial charge >= 0.3 is 0 Å². The van der Waals surface area contributed by atoms with E-state index in [1.54, 1.807) is 29.2 Å². The van der Waals surface area contributed by atoms with Crippen LogP contribution in [0.15, 0.2) is 30.6 Å². The summed E-state index contributed by atoms with van der Waals surface area (Å²) in [5, 5.41) is 8.84. The molecule has 1 heterocycles. The molecule has 0 spiro atoms. The van der Waals surface area contributed by atoms with E-state index in [0.717, 1.165) is 5.56 Å². The quantitative estimate of drug-likeness (QED) is 0.790. The van der Waals surface area contributed by atoms with Gasteiger partial charge in [0.2, 0.25) is 0 Å². The third-order valence-corrected chi connectivity index (χ3v) is 2.56. The highest BCUT2D eigenvalue weighted by Crippen LogP contribution is 2.24. The first-order chi connectivity index (χ1) is 6.77. The molecule has 0 unspecified atom stereocenters. The van der Waals surface area contributed by atoms with Crippen LogP contribution in [0.3, 0.4) is 0 Å². The molecule has 0 aliphatic carbocycles. The van der Waals surface area contributed by atoms with Crippen LogP contribution in [0, 0.1) is 0 Å². The molecule has 2 rings (SSSR count). The molecular weight excluding hydrogens is 221 g/mol. The molecule has 0 radical (unpaired) electrons. The number of aromatic nitrogens is 3. The molecule has 0 aliphatic heterocycles. The molecule has 1 aromatic carbocycles. The second kappa shape index (κ2) is 3.98. The van der Waals surface area contributed by atoms with Crippen molar-refractivity contribution in [2.45, 2.75) is 6.54 Å². The number of hydrogen-bond donors (Lipinski definition) is 0. The first kappa shape index (κ1) is 9.49. The molecule has 0 amide bonds. The summed E-state index contributed by atoms with van der Waals surface area (Å²) in [6.45, 7) is 0.540. The molecule has 72 valence electrons. The van der Waals surface area contributed by atoms with Crippen LogP contribution < -0.4 is 0 Å². The fourth-order valence-corrected chi connectivity index (χ4v) is 1.68. The summed E-state index contributed by atoms with van der Waals surface area (Å²) in [5.41, 5.74) is 0.862. The second-order valence-corrected chi connectivity index (χ2v) is 3.62. The van der Waals surface area contributed by atoms with Crippen molar-refractivity contribution in [2.75, 3.05) is 0 Å². The Balaban J connectivity index is 2.33. The lowest BCUT2D eigenvalue weighted by molar-refractivity contribution is 0.650. The van der Waals surface area contributed by atoms with Gasteiger partial charge in [-0.3, -0.25) is 0 Å². The summed E-state index contributed by atoms with van der Waals surface area (Å²) in [6.07, 6.45) is 3.38. The zero-order valence-electron chi connectivity index (χ0n) is 7.19. The first-order valence-electron chi connectivity index (χ1n) is 4.04. The van der Waals surface area contributed by atoms with Gasteiger partial charge < -0.3 is 0 Å². The van der Waals surface area contributed by atoms with E-state index in [4.69, 9.17) is 23.2 Å². The van der Waals surface area contributed by atoms with Crippen molar-refractivity contribution in [1.82, 2.24) is 15.0 Å². The lowest BCUT2D eigenvalue weighted by atomic mass is 10.2. The van der Waals surface area contributed by atoms with Crippen LogP contribution in [-0.4, -0.2) is 15.0 Å². The standard InChI is InChI=1S/C9H7Cl2N3/c10-8-2-1-3-9(11)7(8)6-14-5-4-12-13-14/h1-5H,6H2. The van der Waals surface area contributed by atoms with Gasteiger partial charge in [-0.25, -0.2) is 4.68 Å². The summed E-state index contributed by atoms with van der Waals surface area (Å²) < 4.78 is 1.67. The Morgan fingerprint density at radius 3 is 2.50 bits per heavy atom. The molecule has 0 aliphatic rings. The SMILES string of the molecule is Clc1cccc(Cl)c1Cn1ccnn1. The van der Waals surface area contributed by atoms with Crippen LogP contribution in [0.1, 0.15) is 5.56 Å². The Kier molecular flexibility index (Phi) is 2.70. The summed E-state index contributed by atoms with van der Waals surface area (Å²) in [7, 11) is 0. The first-order valence-corrected chi connectivity index (χ1v) is 4.80. The van der Waals surface area contributed by atoms with Crippen molar-refractivity contribution in [3.8, 4) is 0 Å². The van der Waals surface area contributed by atoms with Crippen molar-refractivity contribution >= 4 is 23.2 Å². The highest BCUT2D eigenvalue weighted by molar-refractivity contribution is 6.35. The van der Waals surface area contributed by atoms with Gasteiger partial charge in [-0.15, -0.1) is 5.10 Å². The van der Waals surface area contributed by atoms with Crippen LogP contribution >= 0.6 is 23.2 Å². The van der Waals surface area contributed by atoms with Gasteiger partial charge in [0.15, 0.2) is 0 Å². The van der Waals surface area contributed by atoms with E-state index in [9.17, 15) is 0 Å². The summed E-state index contributed by atoms with van der Waals surface area (Å²) in [5.74, 6) is 0. The fraction of sp³-hybridized carbons (Fsp3) is 0.111. The number of benzene rings is 1.